The lowest BCUT2D eigenvalue weighted by atomic mass is 10.3. The molecule has 0 saturated heterocycles. The quantitative estimate of drug-likeness (QED) is 0.455. The molecule has 0 heterocycles. The van der Waals surface area contributed by atoms with Gasteiger partial charge in [0.05, 0.1) is 5.25 Å². The number of anilines is 2. The standard InChI is InChI=1S/C23H21ClN2O3S/c1-16(23(28)26-19-7-5-6-17(24)14-19)30-21-12-10-18(11-13-21)25-22(27)15-29-20-8-3-2-4-9-20/h2-14,16H,15H2,1H3,(H,25,27)(H,26,28). The number of carbonyl (C=O) groups excluding carboxylic acids is 2. The molecule has 1 atom stereocenters. The highest BCUT2D eigenvalue weighted by Gasteiger charge is 2.15. The van der Waals surface area contributed by atoms with Crippen molar-refractivity contribution in [1.29, 1.82) is 0 Å². The van der Waals surface area contributed by atoms with Crippen LogP contribution in [0.15, 0.2) is 83.8 Å². The predicted octanol–water partition coefficient (Wildman–Crippen LogP) is 5.48. The number of carbonyl (C=O) groups is 2. The van der Waals surface area contributed by atoms with Crippen molar-refractivity contribution in [3.63, 3.8) is 0 Å². The van der Waals surface area contributed by atoms with Crippen LogP contribution in [0.2, 0.25) is 5.02 Å². The third kappa shape index (κ3) is 6.83. The Hall–Kier alpha value is -2.96. The number of ether oxygens (including phenoxy) is 1. The molecule has 2 N–H and O–H groups in total. The van der Waals surface area contributed by atoms with E-state index in [2.05, 4.69) is 10.6 Å². The fourth-order valence-electron chi connectivity index (χ4n) is 2.55. The summed E-state index contributed by atoms with van der Waals surface area (Å²) in [5.74, 6) is 0.288. The van der Waals surface area contributed by atoms with Crippen molar-refractivity contribution in [3.8, 4) is 5.75 Å². The van der Waals surface area contributed by atoms with Gasteiger partial charge in [-0.15, -0.1) is 11.8 Å². The van der Waals surface area contributed by atoms with E-state index in [9.17, 15) is 9.59 Å². The lowest BCUT2D eigenvalue weighted by molar-refractivity contribution is -0.118. The summed E-state index contributed by atoms with van der Waals surface area (Å²) in [6, 6.07) is 23.5. The van der Waals surface area contributed by atoms with E-state index in [-0.39, 0.29) is 23.7 Å². The SMILES string of the molecule is CC(Sc1ccc(NC(=O)COc2ccccc2)cc1)C(=O)Nc1cccc(Cl)c1. The van der Waals surface area contributed by atoms with E-state index in [1.165, 1.54) is 11.8 Å². The van der Waals surface area contributed by atoms with Gasteiger partial charge >= 0.3 is 0 Å². The summed E-state index contributed by atoms with van der Waals surface area (Å²) < 4.78 is 5.43. The number of rotatable bonds is 8. The maximum Gasteiger partial charge on any atom is 0.262 e. The topological polar surface area (TPSA) is 67.4 Å². The van der Waals surface area contributed by atoms with E-state index in [1.807, 2.05) is 37.3 Å². The van der Waals surface area contributed by atoms with Gasteiger partial charge in [0.1, 0.15) is 5.75 Å². The summed E-state index contributed by atoms with van der Waals surface area (Å²) in [6.45, 7) is 1.77. The van der Waals surface area contributed by atoms with Crippen LogP contribution < -0.4 is 15.4 Å². The number of thioether (sulfide) groups is 1. The van der Waals surface area contributed by atoms with E-state index in [4.69, 9.17) is 16.3 Å². The summed E-state index contributed by atoms with van der Waals surface area (Å²) in [4.78, 5) is 25.3. The van der Waals surface area contributed by atoms with Gasteiger partial charge < -0.3 is 15.4 Å². The minimum absolute atomic E-state index is 0.0682. The van der Waals surface area contributed by atoms with E-state index >= 15 is 0 Å². The molecule has 2 amide bonds. The molecule has 3 aromatic rings. The minimum Gasteiger partial charge on any atom is -0.484 e. The van der Waals surface area contributed by atoms with E-state index in [0.717, 1.165) is 4.90 Å². The highest BCUT2D eigenvalue weighted by molar-refractivity contribution is 8.00. The Morgan fingerprint density at radius 3 is 2.37 bits per heavy atom. The molecule has 1 unspecified atom stereocenters. The first-order chi connectivity index (χ1) is 14.5. The molecule has 0 bridgehead atoms. The number of nitrogens with one attached hydrogen (secondary N) is 2. The second-order valence-corrected chi connectivity index (χ2v) is 8.28. The molecule has 3 aromatic carbocycles. The molecule has 0 aromatic heterocycles. The fraction of sp³-hybridized carbons (Fsp3) is 0.130. The molecule has 7 heteroatoms. The van der Waals surface area contributed by atoms with Gasteiger partial charge in [-0.2, -0.15) is 0 Å². The maximum absolute atomic E-state index is 12.4. The Bertz CT molecular complexity index is 997. The van der Waals surface area contributed by atoms with Gasteiger partial charge in [-0.25, -0.2) is 0 Å². The number of benzene rings is 3. The lowest BCUT2D eigenvalue weighted by Gasteiger charge is -2.13. The van der Waals surface area contributed by atoms with Crippen LogP contribution in [0.1, 0.15) is 6.92 Å². The number of hydrogen-bond acceptors (Lipinski definition) is 4. The first kappa shape index (κ1) is 21.7. The number of amides is 2. The third-order valence-corrected chi connectivity index (χ3v) is 5.37. The molecule has 5 nitrogen and oxygen atoms in total. The Labute approximate surface area is 184 Å². The number of halogens is 1. The average Bonchev–Trinajstić information content (AvgIpc) is 2.74. The van der Waals surface area contributed by atoms with Crippen LogP contribution in [0.4, 0.5) is 11.4 Å². The average molecular weight is 441 g/mol. The van der Waals surface area contributed by atoms with Crippen molar-refractivity contribution in [3.05, 3.63) is 83.9 Å². The first-order valence-corrected chi connectivity index (χ1v) is 10.6. The molecule has 3 rings (SSSR count). The van der Waals surface area contributed by atoms with Gasteiger partial charge in [0.25, 0.3) is 5.91 Å². The third-order valence-electron chi connectivity index (χ3n) is 4.03. The zero-order chi connectivity index (χ0) is 21.3. The van der Waals surface area contributed by atoms with Crippen molar-refractivity contribution in [2.45, 2.75) is 17.1 Å². The smallest absolute Gasteiger partial charge is 0.262 e. The highest BCUT2D eigenvalue weighted by atomic mass is 35.5. The Morgan fingerprint density at radius 1 is 0.933 bits per heavy atom. The molecule has 0 fully saturated rings. The molecule has 0 aliphatic carbocycles. The monoisotopic (exact) mass is 440 g/mol. The Morgan fingerprint density at radius 2 is 1.67 bits per heavy atom. The first-order valence-electron chi connectivity index (χ1n) is 9.30. The maximum atomic E-state index is 12.4. The second kappa shape index (κ2) is 10.7. The lowest BCUT2D eigenvalue weighted by Crippen LogP contribution is -2.22. The summed E-state index contributed by atoms with van der Waals surface area (Å²) >= 11 is 7.37. The van der Waals surface area contributed by atoms with Crippen LogP contribution in [-0.2, 0) is 9.59 Å². The molecule has 0 spiro atoms. The predicted molar refractivity (Wildman–Crippen MR) is 122 cm³/mol. The molecular weight excluding hydrogens is 420 g/mol. The molecule has 0 radical (unpaired) electrons. The van der Waals surface area contributed by atoms with Gasteiger partial charge in [0.2, 0.25) is 5.91 Å². The number of para-hydroxylation sites is 1. The molecule has 0 aliphatic heterocycles. The van der Waals surface area contributed by atoms with Gasteiger partial charge in [-0.3, -0.25) is 9.59 Å². The van der Waals surface area contributed by atoms with Crippen molar-refractivity contribution < 1.29 is 14.3 Å². The summed E-state index contributed by atoms with van der Waals surface area (Å²) in [5.41, 5.74) is 1.33. The van der Waals surface area contributed by atoms with Crippen molar-refractivity contribution >= 4 is 46.6 Å². The number of hydrogen-bond donors (Lipinski definition) is 2. The Balaban J connectivity index is 1.47. The largest absolute Gasteiger partial charge is 0.484 e. The van der Waals surface area contributed by atoms with Crippen molar-refractivity contribution in [2.24, 2.45) is 0 Å². The normalized spacial score (nSPS) is 11.4. The van der Waals surface area contributed by atoms with Crippen LogP contribution in [-0.4, -0.2) is 23.7 Å². The Kier molecular flexibility index (Phi) is 7.76. The molecule has 154 valence electrons. The van der Waals surface area contributed by atoms with Gasteiger partial charge in [-0.05, 0) is 61.5 Å². The summed E-state index contributed by atoms with van der Waals surface area (Å²) in [7, 11) is 0. The van der Waals surface area contributed by atoms with Crippen molar-refractivity contribution in [2.75, 3.05) is 17.2 Å². The molecule has 0 aliphatic rings. The molecule has 0 saturated carbocycles. The van der Waals surface area contributed by atoms with Gasteiger partial charge in [0.15, 0.2) is 6.61 Å². The van der Waals surface area contributed by atoms with Crippen molar-refractivity contribution in [1.82, 2.24) is 0 Å². The second-order valence-electron chi connectivity index (χ2n) is 6.43. The highest BCUT2D eigenvalue weighted by Crippen LogP contribution is 2.26. The van der Waals surface area contributed by atoms with Crippen LogP contribution in [0, 0.1) is 0 Å². The zero-order valence-corrected chi connectivity index (χ0v) is 17.9. The fourth-order valence-corrected chi connectivity index (χ4v) is 3.60. The van der Waals surface area contributed by atoms with Crippen LogP contribution in [0.25, 0.3) is 0 Å². The van der Waals surface area contributed by atoms with Crippen LogP contribution in [0.5, 0.6) is 5.75 Å². The van der Waals surface area contributed by atoms with Gasteiger partial charge in [0, 0.05) is 21.3 Å². The molecular formula is C23H21ClN2O3S. The van der Waals surface area contributed by atoms with Gasteiger partial charge in [-0.1, -0.05) is 35.9 Å². The van der Waals surface area contributed by atoms with E-state index in [0.29, 0.717) is 22.1 Å². The molecule has 30 heavy (non-hydrogen) atoms. The zero-order valence-electron chi connectivity index (χ0n) is 16.3. The van der Waals surface area contributed by atoms with Crippen LogP contribution >= 0.6 is 23.4 Å². The van der Waals surface area contributed by atoms with E-state index < -0.39 is 0 Å². The minimum atomic E-state index is -0.302. The van der Waals surface area contributed by atoms with E-state index in [1.54, 1.807) is 48.5 Å². The summed E-state index contributed by atoms with van der Waals surface area (Å²) in [6.07, 6.45) is 0. The summed E-state index contributed by atoms with van der Waals surface area (Å²) in [5, 5.41) is 5.91. The van der Waals surface area contributed by atoms with Crippen LogP contribution in [0.3, 0.4) is 0 Å².